The van der Waals surface area contributed by atoms with E-state index in [0.717, 1.165) is 36.8 Å². The minimum absolute atomic E-state index is 0.0469. The van der Waals surface area contributed by atoms with Crippen molar-refractivity contribution < 1.29 is 19.3 Å². The topological polar surface area (TPSA) is 89.5 Å². The fourth-order valence-corrected chi connectivity index (χ4v) is 4.83. The van der Waals surface area contributed by atoms with Gasteiger partial charge in [0.15, 0.2) is 11.8 Å². The second-order valence-electron chi connectivity index (χ2n) is 8.35. The van der Waals surface area contributed by atoms with Gasteiger partial charge in [-0.15, -0.1) is 0 Å². The zero-order valence-corrected chi connectivity index (χ0v) is 17.1. The van der Waals surface area contributed by atoms with Crippen LogP contribution in [0.1, 0.15) is 31.2 Å². The number of hydrogen-bond donors (Lipinski definition) is 2. The lowest BCUT2D eigenvalue weighted by Crippen LogP contribution is -2.33. The predicted molar refractivity (Wildman–Crippen MR) is 111 cm³/mol. The first kappa shape index (κ1) is 18.6. The highest BCUT2D eigenvalue weighted by atomic mass is 35.5. The van der Waals surface area contributed by atoms with E-state index in [9.17, 15) is 5.11 Å². The van der Waals surface area contributed by atoms with Gasteiger partial charge in [-0.25, -0.2) is 4.98 Å². The number of benzene rings is 1. The summed E-state index contributed by atoms with van der Waals surface area (Å²) in [6, 6.07) is 10.00. The molecule has 0 bridgehead atoms. The third kappa shape index (κ3) is 3.00. The summed E-state index contributed by atoms with van der Waals surface area (Å²) < 4.78 is 17.5. The number of pyridine rings is 1. The molecule has 6 rings (SSSR count). The average molecular weight is 428 g/mol. The molecule has 2 saturated heterocycles. The summed E-state index contributed by atoms with van der Waals surface area (Å²) >= 11 is 6.52. The van der Waals surface area contributed by atoms with E-state index in [1.807, 2.05) is 30.3 Å². The highest BCUT2D eigenvalue weighted by Crippen LogP contribution is 2.41. The molecule has 3 aliphatic rings. The van der Waals surface area contributed by atoms with Crippen LogP contribution in [0.3, 0.4) is 0 Å². The second-order valence-corrected chi connectivity index (χ2v) is 8.75. The summed E-state index contributed by atoms with van der Waals surface area (Å²) in [5, 5.41) is 11.1. The molecule has 2 aliphatic heterocycles. The van der Waals surface area contributed by atoms with E-state index in [1.54, 1.807) is 0 Å². The molecule has 3 atom stereocenters. The van der Waals surface area contributed by atoms with Gasteiger partial charge < -0.3 is 24.3 Å². The van der Waals surface area contributed by atoms with Crippen molar-refractivity contribution in [3.8, 4) is 17.3 Å². The summed E-state index contributed by atoms with van der Waals surface area (Å²) in [5.41, 5.74) is 3.04. The van der Waals surface area contributed by atoms with Crippen LogP contribution in [-0.2, 0) is 15.1 Å². The molecule has 2 N–H and O–H groups in total. The fraction of sp³-hybridized carbons (Fsp3) is 0.455. The summed E-state index contributed by atoms with van der Waals surface area (Å²) in [6.45, 7) is 1.19. The van der Waals surface area contributed by atoms with Crippen LogP contribution in [-0.4, -0.2) is 51.6 Å². The lowest BCUT2D eigenvalue weighted by Gasteiger charge is -2.37. The van der Waals surface area contributed by atoms with Crippen molar-refractivity contribution in [3.63, 3.8) is 0 Å². The number of aromatic nitrogens is 3. The van der Waals surface area contributed by atoms with Crippen LogP contribution in [0.15, 0.2) is 30.3 Å². The Kier molecular flexibility index (Phi) is 4.28. The molecule has 1 aliphatic carbocycles. The van der Waals surface area contributed by atoms with E-state index >= 15 is 0 Å². The van der Waals surface area contributed by atoms with Crippen molar-refractivity contribution in [1.29, 1.82) is 0 Å². The van der Waals surface area contributed by atoms with Gasteiger partial charge in [0, 0.05) is 12.2 Å². The van der Waals surface area contributed by atoms with Crippen molar-refractivity contribution in [3.05, 3.63) is 40.9 Å². The van der Waals surface area contributed by atoms with E-state index in [2.05, 4.69) is 15.0 Å². The van der Waals surface area contributed by atoms with Gasteiger partial charge in [0.2, 0.25) is 0 Å². The van der Waals surface area contributed by atoms with Gasteiger partial charge in [-0.2, -0.15) is 4.98 Å². The predicted octanol–water partition coefficient (Wildman–Crippen LogP) is 3.58. The zero-order chi connectivity index (χ0) is 20.3. The standard InChI is InChI=1S/C22H22ClN3O4/c23-14-10-15-20(26-21(24-15)30-17-11-29-16-6-9-28-19(16)17)25-18(14)12-2-4-13(5-3-12)22(27)7-1-8-22/h2-5,10,16-17,19,27H,1,6-9,11H2,(H,24,25,26). The van der Waals surface area contributed by atoms with Gasteiger partial charge in [0.1, 0.15) is 6.10 Å². The lowest BCUT2D eigenvalue weighted by atomic mass is 9.75. The first-order valence-electron chi connectivity index (χ1n) is 10.4. The Hall–Kier alpha value is -2.19. The largest absolute Gasteiger partial charge is 0.456 e. The third-order valence-corrected chi connectivity index (χ3v) is 6.75. The van der Waals surface area contributed by atoms with Crippen molar-refractivity contribution in [2.24, 2.45) is 0 Å². The first-order valence-corrected chi connectivity index (χ1v) is 10.8. The monoisotopic (exact) mass is 427 g/mol. The second kappa shape index (κ2) is 6.92. The Labute approximate surface area is 178 Å². The lowest BCUT2D eigenvalue weighted by molar-refractivity contribution is -0.0387. The highest BCUT2D eigenvalue weighted by Gasteiger charge is 2.43. The zero-order valence-electron chi connectivity index (χ0n) is 16.3. The van der Waals surface area contributed by atoms with E-state index in [-0.39, 0.29) is 18.3 Å². The minimum atomic E-state index is -0.680. The van der Waals surface area contributed by atoms with Crippen molar-refractivity contribution in [2.75, 3.05) is 13.2 Å². The smallest absolute Gasteiger partial charge is 0.296 e. The van der Waals surface area contributed by atoms with Gasteiger partial charge in [-0.3, -0.25) is 0 Å². The van der Waals surface area contributed by atoms with Crippen molar-refractivity contribution in [2.45, 2.75) is 49.6 Å². The molecule has 30 heavy (non-hydrogen) atoms. The van der Waals surface area contributed by atoms with E-state index < -0.39 is 5.60 Å². The molecule has 0 spiro atoms. The summed E-state index contributed by atoms with van der Waals surface area (Å²) in [6.07, 6.45) is 3.47. The molecule has 7 nitrogen and oxygen atoms in total. The van der Waals surface area contributed by atoms with Gasteiger partial charge in [-0.1, -0.05) is 35.9 Å². The van der Waals surface area contributed by atoms with Crippen molar-refractivity contribution >= 4 is 22.8 Å². The summed E-state index contributed by atoms with van der Waals surface area (Å²) in [5.74, 6) is 0. The summed E-state index contributed by atoms with van der Waals surface area (Å²) in [7, 11) is 0. The maximum absolute atomic E-state index is 10.5. The molecule has 1 aromatic carbocycles. The SMILES string of the molecule is OC1(c2ccc(-c3nc4nc(OC5COC6CCOC65)[nH]c4cc3Cl)cc2)CCC1. The van der Waals surface area contributed by atoms with Crippen LogP contribution in [0.5, 0.6) is 6.01 Å². The molecule has 0 amide bonds. The number of nitrogens with one attached hydrogen (secondary N) is 1. The van der Waals surface area contributed by atoms with E-state index in [0.29, 0.717) is 41.1 Å². The fourth-order valence-electron chi connectivity index (χ4n) is 4.57. The number of hydrogen-bond acceptors (Lipinski definition) is 6. The van der Waals surface area contributed by atoms with E-state index in [1.165, 1.54) is 0 Å². The number of halogens is 1. The van der Waals surface area contributed by atoms with Crippen LogP contribution in [0.25, 0.3) is 22.4 Å². The van der Waals surface area contributed by atoms with Crippen LogP contribution < -0.4 is 4.74 Å². The third-order valence-electron chi connectivity index (χ3n) is 6.46. The maximum Gasteiger partial charge on any atom is 0.296 e. The Balaban J connectivity index is 1.27. The quantitative estimate of drug-likeness (QED) is 0.661. The minimum Gasteiger partial charge on any atom is -0.456 e. The highest BCUT2D eigenvalue weighted by molar-refractivity contribution is 6.33. The van der Waals surface area contributed by atoms with Gasteiger partial charge >= 0.3 is 0 Å². The number of aliphatic hydroxyl groups is 1. The van der Waals surface area contributed by atoms with Gasteiger partial charge in [0.25, 0.3) is 6.01 Å². The molecule has 0 radical (unpaired) electrons. The first-order chi connectivity index (χ1) is 14.6. The maximum atomic E-state index is 10.5. The molecule has 4 heterocycles. The molecule has 8 heteroatoms. The Bertz CT molecular complexity index is 1100. The number of imidazole rings is 1. The van der Waals surface area contributed by atoms with Crippen LogP contribution in [0.4, 0.5) is 0 Å². The number of aromatic amines is 1. The number of nitrogens with zero attached hydrogens (tertiary/aromatic N) is 2. The van der Waals surface area contributed by atoms with E-state index in [4.69, 9.17) is 25.8 Å². The average Bonchev–Trinajstić information content (AvgIpc) is 3.43. The van der Waals surface area contributed by atoms with Crippen LogP contribution in [0.2, 0.25) is 5.02 Å². The van der Waals surface area contributed by atoms with Gasteiger partial charge in [0.05, 0.1) is 34.5 Å². The van der Waals surface area contributed by atoms with Crippen molar-refractivity contribution in [1.82, 2.24) is 15.0 Å². The molecule has 156 valence electrons. The Morgan fingerprint density at radius 1 is 1.17 bits per heavy atom. The molecule has 2 aromatic heterocycles. The number of H-pyrrole nitrogens is 1. The summed E-state index contributed by atoms with van der Waals surface area (Å²) in [4.78, 5) is 12.3. The molecule has 3 aromatic rings. The number of ether oxygens (including phenoxy) is 3. The molecule has 1 saturated carbocycles. The molecule has 3 fully saturated rings. The van der Waals surface area contributed by atoms with Crippen LogP contribution in [0, 0.1) is 0 Å². The Morgan fingerprint density at radius 2 is 2.00 bits per heavy atom. The number of rotatable bonds is 4. The van der Waals surface area contributed by atoms with Crippen LogP contribution >= 0.6 is 11.6 Å². The molecular weight excluding hydrogens is 406 g/mol. The normalized spacial score (nSPS) is 27.2. The Morgan fingerprint density at radius 3 is 2.77 bits per heavy atom. The molecule has 3 unspecified atom stereocenters. The van der Waals surface area contributed by atoms with Gasteiger partial charge in [-0.05, 0) is 37.3 Å². The number of fused-ring (bicyclic) bond motifs is 2. The molecular formula is C22H22ClN3O4.